The van der Waals surface area contributed by atoms with E-state index < -0.39 is 0 Å². The van der Waals surface area contributed by atoms with Crippen LogP contribution in [0.5, 0.6) is 0 Å². The zero-order valence-electron chi connectivity index (χ0n) is 11.5. The largest absolute Gasteiger partial charge is 0.394 e. The van der Waals surface area contributed by atoms with Crippen molar-refractivity contribution in [3.05, 3.63) is 0 Å². The second kappa shape index (κ2) is 5.48. The number of hydrogen-bond donors (Lipinski definition) is 2. The van der Waals surface area contributed by atoms with Crippen LogP contribution < -0.4 is 5.32 Å². The van der Waals surface area contributed by atoms with Crippen LogP contribution in [0.25, 0.3) is 0 Å². The zero-order chi connectivity index (χ0) is 12.3. The lowest BCUT2D eigenvalue weighted by molar-refractivity contribution is 0.0825. The molecule has 0 saturated heterocycles. The van der Waals surface area contributed by atoms with Crippen LogP contribution in [0.4, 0.5) is 0 Å². The maximum Gasteiger partial charge on any atom is 0.0628 e. The number of nitrogens with zero attached hydrogens (tertiary/aromatic N) is 1. The van der Waals surface area contributed by atoms with Crippen LogP contribution in [0.3, 0.4) is 0 Å². The fraction of sp³-hybridized carbons (Fsp3) is 1.00. The van der Waals surface area contributed by atoms with Gasteiger partial charge in [0.05, 0.1) is 12.1 Å². The van der Waals surface area contributed by atoms with Crippen molar-refractivity contribution in [3.63, 3.8) is 0 Å². The van der Waals surface area contributed by atoms with Gasteiger partial charge in [0.1, 0.15) is 0 Å². The average molecular weight is 228 g/mol. The monoisotopic (exact) mass is 228 g/mol. The number of hydrogen-bond acceptors (Lipinski definition) is 3. The first-order chi connectivity index (χ1) is 7.46. The van der Waals surface area contributed by atoms with Crippen LogP contribution in [-0.4, -0.2) is 48.8 Å². The first kappa shape index (κ1) is 13.9. The van der Waals surface area contributed by atoms with Crippen molar-refractivity contribution in [2.45, 2.75) is 45.2 Å². The highest BCUT2D eigenvalue weighted by atomic mass is 16.3. The van der Waals surface area contributed by atoms with E-state index in [-0.39, 0.29) is 12.1 Å². The van der Waals surface area contributed by atoms with Gasteiger partial charge in [-0.05, 0) is 45.7 Å². The number of aliphatic hydroxyl groups excluding tert-OH is 1. The molecule has 1 saturated carbocycles. The van der Waals surface area contributed by atoms with Gasteiger partial charge in [-0.15, -0.1) is 0 Å². The van der Waals surface area contributed by atoms with Gasteiger partial charge in [0, 0.05) is 12.6 Å². The fourth-order valence-corrected chi connectivity index (χ4v) is 2.40. The van der Waals surface area contributed by atoms with Gasteiger partial charge in [-0.3, -0.25) is 0 Å². The third-order valence-corrected chi connectivity index (χ3v) is 4.33. The van der Waals surface area contributed by atoms with Gasteiger partial charge in [-0.1, -0.05) is 13.8 Å². The Kier molecular flexibility index (Phi) is 4.77. The predicted molar refractivity (Wildman–Crippen MR) is 68.5 cm³/mol. The molecule has 3 heteroatoms. The van der Waals surface area contributed by atoms with Crippen LogP contribution in [0.1, 0.15) is 33.6 Å². The molecule has 2 N–H and O–H groups in total. The molecule has 0 amide bonds. The van der Waals surface area contributed by atoms with E-state index in [2.05, 4.69) is 38.0 Å². The maximum atomic E-state index is 9.67. The lowest BCUT2D eigenvalue weighted by Crippen LogP contribution is -2.57. The topological polar surface area (TPSA) is 35.5 Å². The SMILES string of the molecule is CNC(CO)(CN(C)C(C)C(C)C)C1CC1. The smallest absolute Gasteiger partial charge is 0.0628 e. The number of aliphatic hydroxyl groups is 1. The molecule has 0 spiro atoms. The second-order valence-corrected chi connectivity index (χ2v) is 5.74. The summed E-state index contributed by atoms with van der Waals surface area (Å²) in [6.07, 6.45) is 2.51. The first-order valence-corrected chi connectivity index (χ1v) is 6.47. The highest BCUT2D eigenvalue weighted by molar-refractivity contribution is 5.02. The minimum absolute atomic E-state index is 0.0854. The summed E-state index contributed by atoms with van der Waals surface area (Å²) in [5.74, 6) is 1.31. The van der Waals surface area contributed by atoms with Gasteiger partial charge in [0.15, 0.2) is 0 Å². The summed E-state index contributed by atoms with van der Waals surface area (Å²) in [6, 6.07) is 0.554. The molecule has 1 fully saturated rings. The summed E-state index contributed by atoms with van der Waals surface area (Å²) in [6.45, 7) is 7.93. The quantitative estimate of drug-likeness (QED) is 0.690. The minimum Gasteiger partial charge on any atom is -0.394 e. The Morgan fingerprint density at radius 2 is 1.94 bits per heavy atom. The molecule has 16 heavy (non-hydrogen) atoms. The predicted octanol–water partition coefficient (Wildman–Crippen LogP) is 1.32. The molecule has 0 aromatic carbocycles. The molecule has 0 aliphatic heterocycles. The Balaban J connectivity index is 2.60. The Hall–Kier alpha value is -0.120. The maximum absolute atomic E-state index is 9.67. The summed E-state index contributed by atoms with van der Waals surface area (Å²) in [4.78, 5) is 2.37. The molecule has 0 aromatic heterocycles. The molecule has 2 unspecified atom stereocenters. The van der Waals surface area contributed by atoms with Crippen molar-refractivity contribution < 1.29 is 5.11 Å². The molecule has 1 rings (SSSR count). The lowest BCUT2D eigenvalue weighted by Gasteiger charge is -2.39. The van der Waals surface area contributed by atoms with E-state index in [1.807, 2.05) is 7.05 Å². The van der Waals surface area contributed by atoms with E-state index in [4.69, 9.17) is 0 Å². The molecule has 0 bridgehead atoms. The average Bonchev–Trinajstić information content (AvgIpc) is 3.08. The van der Waals surface area contributed by atoms with Crippen molar-refractivity contribution in [1.29, 1.82) is 0 Å². The molecule has 0 aromatic rings. The summed E-state index contributed by atoms with van der Waals surface area (Å²) in [7, 11) is 4.14. The Morgan fingerprint density at radius 3 is 2.25 bits per heavy atom. The van der Waals surface area contributed by atoms with Crippen molar-refractivity contribution in [3.8, 4) is 0 Å². The molecule has 1 aliphatic rings. The first-order valence-electron chi connectivity index (χ1n) is 6.47. The highest BCUT2D eigenvalue weighted by Crippen LogP contribution is 2.40. The van der Waals surface area contributed by atoms with E-state index in [1.54, 1.807) is 0 Å². The third kappa shape index (κ3) is 2.96. The highest BCUT2D eigenvalue weighted by Gasteiger charge is 2.44. The normalized spacial score (nSPS) is 22.5. The fourth-order valence-electron chi connectivity index (χ4n) is 2.40. The van der Waals surface area contributed by atoms with Gasteiger partial charge in [0.2, 0.25) is 0 Å². The van der Waals surface area contributed by atoms with E-state index >= 15 is 0 Å². The zero-order valence-corrected chi connectivity index (χ0v) is 11.5. The van der Waals surface area contributed by atoms with E-state index in [0.717, 1.165) is 6.54 Å². The van der Waals surface area contributed by atoms with E-state index in [9.17, 15) is 5.11 Å². The molecule has 96 valence electrons. The van der Waals surface area contributed by atoms with Crippen LogP contribution in [-0.2, 0) is 0 Å². The summed E-state index contributed by atoms with van der Waals surface area (Å²) in [5, 5.41) is 13.0. The number of likely N-dealkylation sites (N-methyl/N-ethyl adjacent to an activating group) is 2. The van der Waals surface area contributed by atoms with Crippen LogP contribution in [0, 0.1) is 11.8 Å². The van der Waals surface area contributed by atoms with Crippen molar-refractivity contribution in [2.75, 3.05) is 27.2 Å². The lowest BCUT2D eigenvalue weighted by atomic mass is 9.92. The van der Waals surface area contributed by atoms with Crippen molar-refractivity contribution in [2.24, 2.45) is 11.8 Å². The van der Waals surface area contributed by atoms with Gasteiger partial charge < -0.3 is 15.3 Å². The number of nitrogens with one attached hydrogen (secondary N) is 1. The van der Waals surface area contributed by atoms with Crippen molar-refractivity contribution in [1.82, 2.24) is 10.2 Å². The standard InChI is InChI=1S/C13H28N2O/c1-10(2)11(3)15(5)8-13(9-16,14-4)12-6-7-12/h10-12,14,16H,6-9H2,1-5H3. The minimum atomic E-state index is -0.0854. The Labute approximate surface area is 100 Å². The van der Waals surface area contributed by atoms with Gasteiger partial charge >= 0.3 is 0 Å². The summed E-state index contributed by atoms with van der Waals surface area (Å²) < 4.78 is 0. The van der Waals surface area contributed by atoms with Gasteiger partial charge in [-0.2, -0.15) is 0 Å². The van der Waals surface area contributed by atoms with Gasteiger partial charge in [0.25, 0.3) is 0 Å². The molecule has 3 nitrogen and oxygen atoms in total. The van der Waals surface area contributed by atoms with Crippen LogP contribution in [0.15, 0.2) is 0 Å². The van der Waals surface area contributed by atoms with Crippen molar-refractivity contribution >= 4 is 0 Å². The molecular formula is C13H28N2O. The van der Waals surface area contributed by atoms with Gasteiger partial charge in [-0.25, -0.2) is 0 Å². The van der Waals surface area contributed by atoms with E-state index in [1.165, 1.54) is 12.8 Å². The Morgan fingerprint density at radius 1 is 1.38 bits per heavy atom. The van der Waals surface area contributed by atoms with E-state index in [0.29, 0.717) is 17.9 Å². The third-order valence-electron chi connectivity index (χ3n) is 4.33. The molecule has 0 radical (unpaired) electrons. The molecular weight excluding hydrogens is 200 g/mol. The summed E-state index contributed by atoms with van der Waals surface area (Å²) >= 11 is 0. The molecule has 1 aliphatic carbocycles. The number of rotatable bonds is 7. The van der Waals surface area contributed by atoms with Crippen LogP contribution >= 0.6 is 0 Å². The molecule has 0 heterocycles. The van der Waals surface area contributed by atoms with Crippen LogP contribution in [0.2, 0.25) is 0 Å². The Bertz CT molecular complexity index is 210. The molecule has 2 atom stereocenters. The summed E-state index contributed by atoms with van der Waals surface area (Å²) in [5.41, 5.74) is -0.0854. The second-order valence-electron chi connectivity index (χ2n) is 5.74.